The first-order valence-corrected chi connectivity index (χ1v) is 13.4. The molecule has 36 heavy (non-hydrogen) atoms. The number of nitrogens with zero attached hydrogens (tertiary/aromatic N) is 1. The van der Waals surface area contributed by atoms with Gasteiger partial charge >= 0.3 is 0 Å². The standard InChI is InChI=1S/C29H32BrFN2O3/c1-2-25(29(35)32-23-9-4-3-5-10-23)33(18-20-12-15-22(31)16-13-20)27(34)19-36-26-17-14-21-8-6-7-11-24(21)28(26)30/h6-8,11-17,23,25H,2-5,9-10,18-19H2,1H3,(H,32,35)/t25-/m1/s1. The van der Waals surface area contributed by atoms with Gasteiger partial charge in [0.15, 0.2) is 6.61 Å². The van der Waals surface area contributed by atoms with Gasteiger partial charge in [-0.2, -0.15) is 0 Å². The van der Waals surface area contributed by atoms with Gasteiger partial charge in [-0.25, -0.2) is 4.39 Å². The molecule has 0 spiro atoms. The maximum atomic E-state index is 13.5. The quantitative estimate of drug-likeness (QED) is 0.334. The largest absolute Gasteiger partial charge is 0.483 e. The fraction of sp³-hybridized carbons (Fsp3) is 0.379. The molecule has 3 aromatic rings. The molecule has 0 unspecified atom stereocenters. The number of amides is 2. The summed E-state index contributed by atoms with van der Waals surface area (Å²) in [5.41, 5.74) is 0.751. The molecule has 0 saturated heterocycles. The first-order valence-electron chi connectivity index (χ1n) is 12.6. The number of carbonyl (C=O) groups is 2. The van der Waals surface area contributed by atoms with E-state index in [1.54, 1.807) is 17.0 Å². The van der Waals surface area contributed by atoms with Crippen molar-refractivity contribution in [2.45, 2.75) is 64.1 Å². The molecule has 190 valence electrons. The summed E-state index contributed by atoms with van der Waals surface area (Å²) in [6.07, 6.45) is 5.80. The van der Waals surface area contributed by atoms with Gasteiger partial charge in [-0.3, -0.25) is 9.59 Å². The summed E-state index contributed by atoms with van der Waals surface area (Å²) in [6, 6.07) is 17.2. The van der Waals surface area contributed by atoms with E-state index in [0.29, 0.717) is 12.2 Å². The van der Waals surface area contributed by atoms with Gasteiger partial charge in [0.1, 0.15) is 17.6 Å². The van der Waals surface area contributed by atoms with E-state index in [-0.39, 0.29) is 36.8 Å². The Bertz CT molecular complexity index is 1190. The number of nitrogens with one attached hydrogen (secondary N) is 1. The summed E-state index contributed by atoms with van der Waals surface area (Å²) in [6.45, 7) is 1.88. The lowest BCUT2D eigenvalue weighted by molar-refractivity contribution is -0.143. The maximum Gasteiger partial charge on any atom is 0.261 e. The summed E-state index contributed by atoms with van der Waals surface area (Å²) in [5, 5.41) is 5.21. The molecule has 5 nitrogen and oxygen atoms in total. The zero-order valence-electron chi connectivity index (χ0n) is 20.5. The van der Waals surface area contributed by atoms with Crippen molar-refractivity contribution in [3.05, 3.63) is 76.5 Å². The second-order valence-electron chi connectivity index (χ2n) is 9.30. The minimum Gasteiger partial charge on any atom is -0.483 e. The Morgan fingerprint density at radius 3 is 2.50 bits per heavy atom. The molecule has 0 bridgehead atoms. The average molecular weight is 555 g/mol. The minimum atomic E-state index is -0.645. The summed E-state index contributed by atoms with van der Waals surface area (Å²) in [5.74, 6) is -0.233. The van der Waals surface area contributed by atoms with Gasteiger partial charge in [0.25, 0.3) is 5.91 Å². The van der Waals surface area contributed by atoms with E-state index in [1.165, 1.54) is 18.6 Å². The van der Waals surface area contributed by atoms with Gasteiger partial charge in [-0.1, -0.05) is 68.7 Å². The van der Waals surface area contributed by atoms with Crippen LogP contribution >= 0.6 is 15.9 Å². The molecule has 0 heterocycles. The zero-order valence-corrected chi connectivity index (χ0v) is 22.1. The number of rotatable bonds is 9. The second kappa shape index (κ2) is 12.3. The van der Waals surface area contributed by atoms with E-state index >= 15 is 0 Å². The predicted octanol–water partition coefficient (Wildman–Crippen LogP) is 6.38. The molecule has 3 aromatic carbocycles. The SMILES string of the molecule is CC[C@H](C(=O)NC1CCCCC1)N(Cc1ccc(F)cc1)C(=O)COc1ccc2ccccc2c1Br. The number of carbonyl (C=O) groups excluding carboxylic acids is 2. The van der Waals surface area contributed by atoms with Crippen molar-refractivity contribution in [1.29, 1.82) is 0 Å². The van der Waals surface area contributed by atoms with Crippen molar-refractivity contribution >= 4 is 38.5 Å². The lowest BCUT2D eigenvalue weighted by Crippen LogP contribution is -2.52. The summed E-state index contributed by atoms with van der Waals surface area (Å²) >= 11 is 3.60. The van der Waals surface area contributed by atoms with Crippen molar-refractivity contribution in [3.63, 3.8) is 0 Å². The molecule has 2 amide bonds. The van der Waals surface area contributed by atoms with E-state index in [1.807, 2.05) is 43.3 Å². The Hall–Kier alpha value is -2.93. The van der Waals surface area contributed by atoms with Crippen molar-refractivity contribution in [3.8, 4) is 5.75 Å². The molecule has 4 rings (SSSR count). The van der Waals surface area contributed by atoms with E-state index in [0.717, 1.165) is 46.5 Å². The maximum absolute atomic E-state index is 13.5. The van der Waals surface area contributed by atoms with Crippen LogP contribution < -0.4 is 10.1 Å². The van der Waals surface area contributed by atoms with E-state index < -0.39 is 6.04 Å². The molecule has 1 N–H and O–H groups in total. The van der Waals surface area contributed by atoms with Crippen LogP contribution in [0.25, 0.3) is 10.8 Å². The molecule has 1 saturated carbocycles. The normalized spacial score (nSPS) is 14.9. The number of halogens is 2. The van der Waals surface area contributed by atoms with Crippen LogP contribution in [0.1, 0.15) is 51.0 Å². The van der Waals surface area contributed by atoms with Gasteiger partial charge < -0.3 is 15.0 Å². The number of benzene rings is 3. The highest BCUT2D eigenvalue weighted by atomic mass is 79.9. The summed E-state index contributed by atoms with van der Waals surface area (Å²) < 4.78 is 20.2. The Morgan fingerprint density at radius 1 is 1.06 bits per heavy atom. The number of hydrogen-bond acceptors (Lipinski definition) is 3. The molecule has 1 aliphatic rings. The van der Waals surface area contributed by atoms with Crippen molar-refractivity contribution in [2.75, 3.05) is 6.61 Å². The second-order valence-corrected chi connectivity index (χ2v) is 10.1. The van der Waals surface area contributed by atoms with E-state index in [4.69, 9.17) is 4.74 Å². The highest BCUT2D eigenvalue weighted by Gasteiger charge is 2.30. The van der Waals surface area contributed by atoms with Gasteiger partial charge in [0, 0.05) is 12.6 Å². The van der Waals surface area contributed by atoms with Crippen LogP contribution in [0.5, 0.6) is 5.75 Å². The Morgan fingerprint density at radius 2 is 1.78 bits per heavy atom. The molecule has 0 radical (unpaired) electrons. The number of hydrogen-bond donors (Lipinski definition) is 1. The van der Waals surface area contributed by atoms with Crippen molar-refractivity contribution < 1.29 is 18.7 Å². The number of ether oxygens (including phenoxy) is 1. The Kier molecular flexibility index (Phi) is 8.97. The van der Waals surface area contributed by atoms with E-state index in [9.17, 15) is 14.0 Å². The lowest BCUT2D eigenvalue weighted by Gasteiger charge is -2.32. The molecule has 0 aromatic heterocycles. The topological polar surface area (TPSA) is 58.6 Å². The molecular weight excluding hydrogens is 523 g/mol. The summed E-state index contributed by atoms with van der Waals surface area (Å²) in [4.78, 5) is 28.3. The minimum absolute atomic E-state index is 0.146. The first kappa shape index (κ1) is 26.1. The molecule has 1 atom stereocenters. The lowest BCUT2D eigenvalue weighted by atomic mass is 9.95. The molecule has 7 heteroatoms. The first-order chi connectivity index (χ1) is 17.5. The molecule has 0 aliphatic heterocycles. The van der Waals surface area contributed by atoms with Crippen LogP contribution in [-0.2, 0) is 16.1 Å². The van der Waals surface area contributed by atoms with Crippen LogP contribution in [0.2, 0.25) is 0 Å². The average Bonchev–Trinajstić information content (AvgIpc) is 2.90. The van der Waals surface area contributed by atoms with Gasteiger partial charge in [0.2, 0.25) is 5.91 Å². The third kappa shape index (κ3) is 6.44. The number of fused-ring (bicyclic) bond motifs is 1. The van der Waals surface area contributed by atoms with Crippen LogP contribution in [-0.4, -0.2) is 35.4 Å². The Balaban J connectivity index is 1.52. The smallest absolute Gasteiger partial charge is 0.261 e. The Labute approximate surface area is 220 Å². The third-order valence-corrected chi connectivity index (χ3v) is 7.60. The molecular formula is C29H32BrFN2O3. The zero-order chi connectivity index (χ0) is 25.5. The van der Waals surface area contributed by atoms with Crippen molar-refractivity contribution in [2.24, 2.45) is 0 Å². The fourth-order valence-electron chi connectivity index (χ4n) is 4.80. The van der Waals surface area contributed by atoms with Gasteiger partial charge in [-0.15, -0.1) is 0 Å². The highest BCUT2D eigenvalue weighted by molar-refractivity contribution is 9.10. The van der Waals surface area contributed by atoms with Crippen molar-refractivity contribution in [1.82, 2.24) is 10.2 Å². The molecule has 1 fully saturated rings. The van der Waals surface area contributed by atoms with E-state index in [2.05, 4.69) is 21.2 Å². The highest BCUT2D eigenvalue weighted by Crippen LogP contribution is 2.33. The van der Waals surface area contributed by atoms with Crippen LogP contribution in [0.15, 0.2) is 65.1 Å². The molecule has 1 aliphatic carbocycles. The van der Waals surface area contributed by atoms with Crippen LogP contribution in [0, 0.1) is 5.82 Å². The third-order valence-electron chi connectivity index (χ3n) is 6.78. The van der Waals surface area contributed by atoms with Crippen LogP contribution in [0.4, 0.5) is 4.39 Å². The van der Waals surface area contributed by atoms with Gasteiger partial charge in [-0.05, 0) is 69.7 Å². The van der Waals surface area contributed by atoms with Gasteiger partial charge in [0.05, 0.1) is 4.47 Å². The fourth-order valence-corrected chi connectivity index (χ4v) is 5.41. The predicted molar refractivity (Wildman–Crippen MR) is 143 cm³/mol. The van der Waals surface area contributed by atoms with Crippen LogP contribution in [0.3, 0.4) is 0 Å². The summed E-state index contributed by atoms with van der Waals surface area (Å²) in [7, 11) is 0. The monoisotopic (exact) mass is 554 g/mol.